The molecule has 1 N–H and O–H groups in total. The maximum Gasteiger partial charge on any atom is 0.255 e. The fourth-order valence-electron chi connectivity index (χ4n) is 2.41. The number of nitrogens with zero attached hydrogens (tertiary/aromatic N) is 2. The highest BCUT2D eigenvalue weighted by molar-refractivity contribution is 7.12. The molecule has 0 aliphatic carbocycles. The van der Waals surface area contributed by atoms with Gasteiger partial charge in [0.25, 0.3) is 11.8 Å². The van der Waals surface area contributed by atoms with E-state index in [1.807, 2.05) is 19.9 Å². The van der Waals surface area contributed by atoms with Crippen molar-refractivity contribution in [2.24, 2.45) is 0 Å². The number of hydrogen-bond acceptors (Lipinski definition) is 4. The van der Waals surface area contributed by atoms with E-state index in [4.69, 9.17) is 0 Å². The lowest BCUT2D eigenvalue weighted by molar-refractivity contribution is -0.140. The van der Waals surface area contributed by atoms with Crippen LogP contribution in [0.5, 0.6) is 0 Å². The Hall–Kier alpha value is -1.40. The number of aliphatic hydroxyl groups is 1. The highest BCUT2D eigenvalue weighted by Crippen LogP contribution is 2.22. The summed E-state index contributed by atoms with van der Waals surface area (Å²) in [5.41, 5.74) is 0.766. The van der Waals surface area contributed by atoms with Crippen LogP contribution >= 0.6 is 11.3 Å². The van der Waals surface area contributed by atoms with Gasteiger partial charge in [-0.2, -0.15) is 0 Å². The Morgan fingerprint density at radius 3 is 2.20 bits per heavy atom. The summed E-state index contributed by atoms with van der Waals surface area (Å²) >= 11 is 1.63. The Morgan fingerprint density at radius 1 is 1.20 bits per heavy atom. The fraction of sp³-hybridized carbons (Fsp3) is 0.571. The van der Waals surface area contributed by atoms with Crippen LogP contribution < -0.4 is 0 Å². The third-order valence-electron chi connectivity index (χ3n) is 3.51. The second-order valence-corrected chi connectivity index (χ2v) is 6.58. The highest BCUT2D eigenvalue weighted by Gasteiger charge is 2.27. The normalized spacial score (nSPS) is 17.2. The molecule has 0 bridgehead atoms. The van der Waals surface area contributed by atoms with Crippen LogP contribution in [0.2, 0.25) is 0 Å². The summed E-state index contributed by atoms with van der Waals surface area (Å²) in [4.78, 5) is 29.7. The lowest BCUT2D eigenvalue weighted by Crippen LogP contribution is -2.52. The van der Waals surface area contributed by atoms with Gasteiger partial charge >= 0.3 is 0 Å². The van der Waals surface area contributed by atoms with E-state index in [0.717, 1.165) is 15.3 Å². The number of rotatable bonds is 2. The molecule has 1 aliphatic heterocycles. The van der Waals surface area contributed by atoms with Gasteiger partial charge in [0.2, 0.25) is 0 Å². The molecule has 2 rings (SSSR count). The van der Waals surface area contributed by atoms with Crippen molar-refractivity contribution >= 4 is 23.2 Å². The van der Waals surface area contributed by atoms with Crippen LogP contribution in [0.1, 0.15) is 27.0 Å². The Morgan fingerprint density at radius 2 is 1.75 bits per heavy atom. The van der Waals surface area contributed by atoms with Gasteiger partial charge in [0.15, 0.2) is 0 Å². The molecule has 1 saturated heterocycles. The van der Waals surface area contributed by atoms with Crippen molar-refractivity contribution in [1.82, 2.24) is 9.80 Å². The summed E-state index contributed by atoms with van der Waals surface area (Å²) in [6.45, 7) is 7.43. The summed E-state index contributed by atoms with van der Waals surface area (Å²) < 4.78 is 0. The third kappa shape index (κ3) is 3.02. The molecule has 1 aromatic heterocycles. The lowest BCUT2D eigenvalue weighted by Gasteiger charge is -2.35. The van der Waals surface area contributed by atoms with E-state index in [2.05, 4.69) is 0 Å². The molecule has 1 fully saturated rings. The van der Waals surface area contributed by atoms with E-state index in [9.17, 15) is 14.7 Å². The molecule has 0 radical (unpaired) electrons. The smallest absolute Gasteiger partial charge is 0.255 e. The summed E-state index contributed by atoms with van der Waals surface area (Å²) in [7, 11) is 0. The number of carbonyl (C=O) groups is 2. The zero-order valence-electron chi connectivity index (χ0n) is 12.0. The van der Waals surface area contributed by atoms with E-state index in [-0.39, 0.29) is 11.8 Å². The first kappa shape index (κ1) is 15.0. The number of piperazine rings is 1. The van der Waals surface area contributed by atoms with Crippen LogP contribution in [-0.4, -0.2) is 59.0 Å². The van der Waals surface area contributed by atoms with Gasteiger partial charge < -0.3 is 14.9 Å². The van der Waals surface area contributed by atoms with Crippen LogP contribution in [0, 0.1) is 13.8 Å². The monoisotopic (exact) mass is 296 g/mol. The van der Waals surface area contributed by atoms with Gasteiger partial charge in [-0.3, -0.25) is 9.59 Å². The van der Waals surface area contributed by atoms with Crippen molar-refractivity contribution in [3.63, 3.8) is 0 Å². The SMILES string of the molecule is Cc1cc(C(=O)N2CCN(C(=O)C(C)O)CC2)c(C)s1. The number of thiophene rings is 1. The topological polar surface area (TPSA) is 60.9 Å². The Balaban J connectivity index is 1.99. The van der Waals surface area contributed by atoms with Crippen LogP contribution in [-0.2, 0) is 4.79 Å². The molecule has 1 aromatic rings. The second-order valence-electron chi connectivity index (χ2n) is 5.12. The van der Waals surface area contributed by atoms with Crippen molar-refractivity contribution in [2.75, 3.05) is 26.2 Å². The van der Waals surface area contributed by atoms with Crippen LogP contribution in [0.15, 0.2) is 6.07 Å². The van der Waals surface area contributed by atoms with E-state index in [0.29, 0.717) is 26.2 Å². The van der Waals surface area contributed by atoms with E-state index in [1.165, 1.54) is 6.92 Å². The number of carbonyl (C=O) groups excluding carboxylic acids is 2. The summed E-state index contributed by atoms with van der Waals surface area (Å²) in [6.07, 6.45) is -0.973. The minimum atomic E-state index is -0.973. The van der Waals surface area contributed by atoms with Crippen molar-refractivity contribution in [2.45, 2.75) is 26.9 Å². The molecule has 2 amide bonds. The molecule has 0 spiro atoms. The molecular formula is C14H20N2O3S. The first-order valence-electron chi connectivity index (χ1n) is 6.73. The second kappa shape index (κ2) is 5.93. The predicted molar refractivity (Wildman–Crippen MR) is 78.0 cm³/mol. The summed E-state index contributed by atoms with van der Waals surface area (Å²) in [5, 5.41) is 9.30. The first-order valence-corrected chi connectivity index (χ1v) is 7.55. The molecular weight excluding hydrogens is 276 g/mol. The van der Waals surface area contributed by atoms with Gasteiger partial charge in [0.05, 0.1) is 5.56 Å². The molecule has 1 unspecified atom stereocenters. The van der Waals surface area contributed by atoms with Crippen LogP contribution in [0.4, 0.5) is 0 Å². The average Bonchev–Trinajstić information content (AvgIpc) is 2.76. The minimum absolute atomic E-state index is 0.0380. The maximum absolute atomic E-state index is 12.4. The largest absolute Gasteiger partial charge is 0.384 e. The quantitative estimate of drug-likeness (QED) is 0.887. The van der Waals surface area contributed by atoms with Gasteiger partial charge in [-0.15, -0.1) is 11.3 Å². The molecule has 6 heteroatoms. The molecule has 2 heterocycles. The first-order chi connectivity index (χ1) is 9.40. The van der Waals surface area contributed by atoms with Crippen LogP contribution in [0.3, 0.4) is 0 Å². The molecule has 20 heavy (non-hydrogen) atoms. The van der Waals surface area contributed by atoms with E-state index >= 15 is 0 Å². The highest BCUT2D eigenvalue weighted by atomic mass is 32.1. The number of aliphatic hydroxyl groups excluding tert-OH is 1. The number of hydrogen-bond donors (Lipinski definition) is 1. The number of amides is 2. The van der Waals surface area contributed by atoms with Gasteiger partial charge in [-0.05, 0) is 26.8 Å². The average molecular weight is 296 g/mol. The molecule has 1 aliphatic rings. The molecule has 110 valence electrons. The summed E-state index contributed by atoms with van der Waals surface area (Å²) in [6, 6.07) is 1.93. The van der Waals surface area contributed by atoms with Crippen molar-refractivity contribution < 1.29 is 14.7 Å². The Labute approximate surface area is 122 Å². The van der Waals surface area contributed by atoms with Crippen LogP contribution in [0.25, 0.3) is 0 Å². The van der Waals surface area contributed by atoms with Gasteiger partial charge in [-0.25, -0.2) is 0 Å². The molecule has 1 atom stereocenters. The van der Waals surface area contributed by atoms with Crippen molar-refractivity contribution in [3.8, 4) is 0 Å². The number of aryl methyl sites for hydroxylation is 2. The molecule has 0 aromatic carbocycles. The zero-order chi connectivity index (χ0) is 14.9. The van der Waals surface area contributed by atoms with Gasteiger partial charge in [-0.1, -0.05) is 0 Å². The standard InChI is InChI=1S/C14H20N2O3S/c1-9-8-12(11(3)20-9)14(19)16-6-4-15(5-7-16)13(18)10(2)17/h8,10,17H,4-7H2,1-3H3. The van der Waals surface area contributed by atoms with Gasteiger partial charge in [0.1, 0.15) is 6.10 Å². The Bertz CT molecular complexity index is 516. The molecule has 0 saturated carbocycles. The predicted octanol–water partition coefficient (Wildman–Crippen LogP) is 1.03. The fourth-order valence-corrected chi connectivity index (χ4v) is 3.32. The van der Waals surface area contributed by atoms with Gasteiger partial charge in [0, 0.05) is 35.9 Å². The van der Waals surface area contributed by atoms with E-state index in [1.54, 1.807) is 21.1 Å². The van der Waals surface area contributed by atoms with E-state index < -0.39 is 6.10 Å². The summed E-state index contributed by atoms with van der Waals surface area (Å²) in [5.74, 6) is -0.226. The lowest BCUT2D eigenvalue weighted by atomic mass is 10.2. The zero-order valence-corrected chi connectivity index (χ0v) is 12.9. The third-order valence-corrected chi connectivity index (χ3v) is 4.47. The minimum Gasteiger partial charge on any atom is -0.384 e. The molecule has 5 nitrogen and oxygen atoms in total. The van der Waals surface area contributed by atoms with Crippen molar-refractivity contribution in [3.05, 3.63) is 21.4 Å². The van der Waals surface area contributed by atoms with Crippen molar-refractivity contribution in [1.29, 1.82) is 0 Å². The maximum atomic E-state index is 12.4. The Kier molecular flexibility index (Phi) is 4.45.